The van der Waals surface area contributed by atoms with Gasteiger partial charge >= 0.3 is 6.09 Å². The fourth-order valence-corrected chi connectivity index (χ4v) is 3.00. The monoisotopic (exact) mass is 336 g/mol. The molecule has 24 heavy (non-hydrogen) atoms. The second-order valence-electron chi connectivity index (χ2n) is 7.55. The van der Waals surface area contributed by atoms with Gasteiger partial charge in [0.05, 0.1) is 6.61 Å². The summed E-state index contributed by atoms with van der Waals surface area (Å²) >= 11 is 0. The minimum absolute atomic E-state index is 0.476. The molecule has 2 saturated carbocycles. The summed E-state index contributed by atoms with van der Waals surface area (Å²) in [5.41, 5.74) is -0.522. The average molecular weight is 336 g/mol. The van der Waals surface area contributed by atoms with E-state index in [1.807, 2.05) is 34.6 Å². The highest BCUT2D eigenvalue weighted by atomic mass is 16.6. The van der Waals surface area contributed by atoms with Crippen molar-refractivity contribution in [1.29, 1.82) is 0 Å². The topological polar surface area (TPSA) is 53.4 Å². The lowest BCUT2D eigenvalue weighted by Crippen LogP contribution is -2.27. The van der Waals surface area contributed by atoms with E-state index in [1.165, 1.54) is 30.4 Å². The molecule has 1 heterocycles. The maximum atomic E-state index is 11.9. The Morgan fingerprint density at radius 2 is 1.83 bits per heavy atom. The van der Waals surface area contributed by atoms with Gasteiger partial charge in [0, 0.05) is 12.3 Å². The minimum Gasteiger partial charge on any atom is -0.477 e. The van der Waals surface area contributed by atoms with Gasteiger partial charge in [-0.1, -0.05) is 13.8 Å². The van der Waals surface area contributed by atoms with Gasteiger partial charge in [0.15, 0.2) is 0 Å². The summed E-state index contributed by atoms with van der Waals surface area (Å²) in [6.45, 7) is 10.2. The Labute approximate surface area is 145 Å². The van der Waals surface area contributed by atoms with Crippen LogP contribution in [0.15, 0.2) is 12.3 Å². The first-order valence-corrected chi connectivity index (χ1v) is 9.34. The Morgan fingerprint density at radius 1 is 1.25 bits per heavy atom. The van der Waals surface area contributed by atoms with Gasteiger partial charge in [-0.3, -0.25) is 0 Å². The predicted molar refractivity (Wildman–Crippen MR) is 94.3 cm³/mol. The fraction of sp³-hybridized carbons (Fsp3) is 0.789. The molecule has 0 bridgehead atoms. The molecule has 3 rings (SSSR count). The lowest BCUT2D eigenvalue weighted by atomic mass is 9.95. The molecule has 0 unspecified atom stereocenters. The molecule has 0 amide bonds. The molecule has 5 nitrogen and oxygen atoms in total. The molecule has 0 aliphatic heterocycles. The van der Waals surface area contributed by atoms with Gasteiger partial charge in [0.1, 0.15) is 5.60 Å². The molecule has 0 radical (unpaired) electrons. The summed E-state index contributed by atoms with van der Waals surface area (Å²) < 4.78 is 12.2. The zero-order valence-corrected chi connectivity index (χ0v) is 15.7. The smallest absolute Gasteiger partial charge is 0.435 e. The van der Waals surface area contributed by atoms with E-state index in [0.29, 0.717) is 12.5 Å². The predicted octanol–water partition coefficient (Wildman–Crippen LogP) is 4.90. The van der Waals surface area contributed by atoms with Crippen LogP contribution < -0.4 is 4.74 Å². The normalized spacial score (nSPS) is 17.2. The molecule has 136 valence electrons. The van der Waals surface area contributed by atoms with Crippen molar-refractivity contribution in [2.24, 2.45) is 17.8 Å². The Hall–Kier alpha value is -1.52. The number of carbonyl (C=O) groups is 1. The van der Waals surface area contributed by atoms with E-state index in [1.54, 1.807) is 12.3 Å². The first-order chi connectivity index (χ1) is 11.4. The van der Waals surface area contributed by atoms with E-state index >= 15 is 0 Å². The van der Waals surface area contributed by atoms with Crippen LogP contribution in [0.1, 0.15) is 66.7 Å². The third kappa shape index (κ3) is 5.84. The van der Waals surface area contributed by atoms with Crippen molar-refractivity contribution in [2.75, 3.05) is 6.61 Å². The first kappa shape index (κ1) is 18.8. The number of hydrogen-bond donors (Lipinski definition) is 0. The van der Waals surface area contributed by atoms with Gasteiger partial charge in [-0.25, -0.2) is 4.79 Å². The standard InChI is InChI=1S/C17H26N2O3.C2H6/c1-17(2,3)22-16(20)19-10-8-15(18-19)21-11-9-14(12-4-5-12)13-6-7-13;1-2/h8,10,12-14H,4-7,9,11H2,1-3H3;1-2H3. The molecule has 0 atom stereocenters. The highest BCUT2D eigenvalue weighted by Crippen LogP contribution is 2.50. The summed E-state index contributed by atoms with van der Waals surface area (Å²) in [5.74, 6) is 3.22. The average Bonchev–Trinajstić information content (AvgIpc) is 3.44. The highest BCUT2D eigenvalue weighted by molar-refractivity contribution is 5.69. The van der Waals surface area contributed by atoms with Crippen LogP contribution in [0.4, 0.5) is 4.79 Å². The number of carbonyl (C=O) groups excluding carboxylic acids is 1. The molecular formula is C19H32N2O3. The van der Waals surface area contributed by atoms with Crippen molar-refractivity contribution in [3.05, 3.63) is 12.3 Å². The van der Waals surface area contributed by atoms with Gasteiger partial charge in [-0.2, -0.15) is 4.68 Å². The maximum absolute atomic E-state index is 11.9. The maximum Gasteiger partial charge on any atom is 0.435 e. The highest BCUT2D eigenvalue weighted by Gasteiger charge is 2.40. The van der Waals surface area contributed by atoms with Crippen molar-refractivity contribution in [3.63, 3.8) is 0 Å². The molecule has 1 aromatic heterocycles. The lowest BCUT2D eigenvalue weighted by Gasteiger charge is -2.18. The van der Waals surface area contributed by atoms with Crippen molar-refractivity contribution in [2.45, 2.75) is 72.3 Å². The molecule has 0 spiro atoms. The van der Waals surface area contributed by atoms with E-state index in [4.69, 9.17) is 9.47 Å². The molecular weight excluding hydrogens is 304 g/mol. The molecule has 2 aliphatic carbocycles. The summed E-state index contributed by atoms with van der Waals surface area (Å²) in [6.07, 6.45) is 7.81. The largest absolute Gasteiger partial charge is 0.477 e. The number of rotatable bonds is 6. The van der Waals surface area contributed by atoms with Gasteiger partial charge in [-0.15, -0.1) is 5.10 Å². The van der Waals surface area contributed by atoms with Crippen LogP contribution >= 0.6 is 0 Å². The van der Waals surface area contributed by atoms with Crippen molar-refractivity contribution >= 4 is 6.09 Å². The van der Waals surface area contributed by atoms with E-state index in [-0.39, 0.29) is 0 Å². The van der Waals surface area contributed by atoms with Crippen molar-refractivity contribution in [1.82, 2.24) is 9.78 Å². The molecule has 2 aliphatic rings. The quantitative estimate of drug-likeness (QED) is 0.741. The van der Waals surface area contributed by atoms with Crippen LogP contribution in [0.5, 0.6) is 5.88 Å². The minimum atomic E-state index is -0.522. The Balaban J connectivity index is 0.00000100. The van der Waals surface area contributed by atoms with Gasteiger partial charge < -0.3 is 9.47 Å². The SMILES string of the molecule is CC.CC(C)(C)OC(=O)n1ccc(OCCC(C2CC2)C2CC2)n1. The molecule has 0 saturated heterocycles. The van der Waals surface area contributed by atoms with Crippen LogP contribution in [-0.2, 0) is 4.74 Å². The third-order valence-electron chi connectivity index (χ3n) is 4.30. The Kier molecular flexibility index (Phi) is 6.30. The lowest BCUT2D eigenvalue weighted by molar-refractivity contribution is 0.0511. The van der Waals surface area contributed by atoms with Crippen LogP contribution in [0.25, 0.3) is 0 Å². The van der Waals surface area contributed by atoms with Crippen molar-refractivity contribution < 1.29 is 14.3 Å². The zero-order valence-electron chi connectivity index (χ0n) is 15.7. The van der Waals surface area contributed by atoms with Crippen LogP contribution in [0, 0.1) is 17.8 Å². The summed E-state index contributed by atoms with van der Waals surface area (Å²) in [4.78, 5) is 11.9. The molecule has 0 N–H and O–H groups in total. The summed E-state index contributed by atoms with van der Waals surface area (Å²) in [7, 11) is 0. The first-order valence-electron chi connectivity index (χ1n) is 9.34. The van der Waals surface area contributed by atoms with Gasteiger partial charge in [0.25, 0.3) is 0 Å². The van der Waals surface area contributed by atoms with Gasteiger partial charge in [0.2, 0.25) is 5.88 Å². The summed E-state index contributed by atoms with van der Waals surface area (Å²) in [6, 6.07) is 1.72. The molecule has 0 aromatic carbocycles. The second kappa shape index (κ2) is 8.04. The molecule has 2 fully saturated rings. The van der Waals surface area contributed by atoms with E-state index in [0.717, 1.165) is 24.2 Å². The van der Waals surface area contributed by atoms with Crippen LogP contribution in [0.2, 0.25) is 0 Å². The summed E-state index contributed by atoms with van der Waals surface area (Å²) in [5, 5.41) is 4.13. The Morgan fingerprint density at radius 3 is 2.33 bits per heavy atom. The Bertz CT molecular complexity index is 513. The number of aromatic nitrogens is 2. The fourth-order valence-electron chi connectivity index (χ4n) is 3.00. The second-order valence-corrected chi connectivity index (χ2v) is 7.55. The zero-order chi connectivity index (χ0) is 17.7. The van der Waals surface area contributed by atoms with Gasteiger partial charge in [-0.05, 0) is 70.6 Å². The number of hydrogen-bond acceptors (Lipinski definition) is 4. The molecule has 5 heteroatoms. The van der Waals surface area contributed by atoms with E-state index < -0.39 is 11.7 Å². The van der Waals surface area contributed by atoms with E-state index in [9.17, 15) is 4.79 Å². The van der Waals surface area contributed by atoms with Crippen molar-refractivity contribution in [3.8, 4) is 5.88 Å². The number of nitrogens with zero attached hydrogens (tertiary/aromatic N) is 2. The third-order valence-corrected chi connectivity index (χ3v) is 4.30. The van der Waals surface area contributed by atoms with Crippen LogP contribution in [0.3, 0.4) is 0 Å². The number of ether oxygens (including phenoxy) is 2. The van der Waals surface area contributed by atoms with E-state index in [2.05, 4.69) is 5.10 Å². The van der Waals surface area contributed by atoms with Crippen LogP contribution in [-0.4, -0.2) is 28.1 Å². The molecule has 1 aromatic rings.